The van der Waals surface area contributed by atoms with Gasteiger partial charge in [-0.15, -0.1) is 0 Å². The van der Waals surface area contributed by atoms with E-state index in [-0.39, 0.29) is 11.6 Å². The number of aromatic nitrogens is 1. The molecule has 1 heterocycles. The normalized spacial score (nSPS) is 11.5. The molecule has 1 aromatic heterocycles. The second kappa shape index (κ2) is 6.76. The summed E-state index contributed by atoms with van der Waals surface area (Å²) in [7, 11) is -0.883. The Morgan fingerprint density at radius 1 is 1.59 bits per heavy atom. The molecule has 1 unspecified atom stereocenters. The summed E-state index contributed by atoms with van der Waals surface area (Å²) in [6.07, 6.45) is 1.35. The van der Waals surface area contributed by atoms with Gasteiger partial charge in [0.2, 0.25) is 0 Å². The van der Waals surface area contributed by atoms with E-state index in [0.29, 0.717) is 23.6 Å². The lowest BCUT2D eigenvalue weighted by Gasteiger charge is -2.03. The highest BCUT2D eigenvalue weighted by Gasteiger charge is 2.06. The molecule has 0 bridgehead atoms. The zero-order valence-corrected chi connectivity index (χ0v) is 10.3. The van der Waals surface area contributed by atoms with E-state index in [0.717, 1.165) is 0 Å². The van der Waals surface area contributed by atoms with Crippen molar-refractivity contribution in [1.29, 1.82) is 5.26 Å². The number of hydrogen-bond donors (Lipinski definition) is 1. The van der Waals surface area contributed by atoms with E-state index in [9.17, 15) is 9.00 Å². The third kappa shape index (κ3) is 4.33. The van der Waals surface area contributed by atoms with Crippen LogP contribution in [0.2, 0.25) is 0 Å². The first-order valence-electron chi connectivity index (χ1n) is 5.16. The Morgan fingerprint density at radius 2 is 2.35 bits per heavy atom. The highest BCUT2D eigenvalue weighted by molar-refractivity contribution is 7.84. The van der Waals surface area contributed by atoms with Crippen molar-refractivity contribution in [2.24, 2.45) is 0 Å². The number of nitrogens with one attached hydrogen (secondary N) is 1. The highest BCUT2D eigenvalue weighted by Crippen LogP contribution is 1.98. The largest absolute Gasteiger partial charge is 0.350 e. The Labute approximate surface area is 102 Å². The van der Waals surface area contributed by atoms with Gasteiger partial charge in [0.05, 0.1) is 5.56 Å². The van der Waals surface area contributed by atoms with Crippen LogP contribution in [0.5, 0.6) is 0 Å². The molecule has 0 saturated carbocycles. The smallest absolute Gasteiger partial charge is 0.269 e. The van der Waals surface area contributed by atoms with Gasteiger partial charge >= 0.3 is 0 Å². The Morgan fingerprint density at radius 3 is 2.88 bits per heavy atom. The molecule has 90 valence electrons. The Hall–Kier alpha value is -1.74. The molecular formula is C11H13N3O2S. The van der Waals surface area contributed by atoms with E-state index >= 15 is 0 Å². The van der Waals surface area contributed by atoms with Gasteiger partial charge < -0.3 is 5.32 Å². The van der Waals surface area contributed by atoms with Crippen molar-refractivity contribution in [1.82, 2.24) is 10.3 Å². The molecule has 0 aromatic carbocycles. The van der Waals surface area contributed by atoms with Crippen molar-refractivity contribution in [2.75, 3.05) is 18.1 Å². The van der Waals surface area contributed by atoms with E-state index in [4.69, 9.17) is 5.26 Å². The van der Waals surface area contributed by atoms with Gasteiger partial charge in [-0.2, -0.15) is 5.26 Å². The summed E-state index contributed by atoms with van der Waals surface area (Å²) >= 11 is 0. The summed E-state index contributed by atoms with van der Waals surface area (Å²) < 4.78 is 11.1. The minimum Gasteiger partial charge on any atom is -0.350 e. The predicted molar refractivity (Wildman–Crippen MR) is 64.8 cm³/mol. The standard InChI is InChI=1S/C11H13N3O2S/c1-2-17(16)6-5-13-11(15)10-4-3-9(7-12)8-14-10/h3-4,8H,2,5-6H2,1H3,(H,13,15). The average Bonchev–Trinajstić information content (AvgIpc) is 2.38. The summed E-state index contributed by atoms with van der Waals surface area (Å²) in [5.41, 5.74) is 0.667. The summed E-state index contributed by atoms with van der Waals surface area (Å²) in [6, 6.07) is 4.95. The molecule has 17 heavy (non-hydrogen) atoms. The zero-order valence-electron chi connectivity index (χ0n) is 9.47. The summed E-state index contributed by atoms with van der Waals surface area (Å²) in [5.74, 6) is 0.714. The van der Waals surface area contributed by atoms with Gasteiger partial charge in [0.15, 0.2) is 0 Å². The lowest BCUT2D eigenvalue weighted by molar-refractivity contribution is 0.0951. The second-order valence-electron chi connectivity index (χ2n) is 3.23. The maximum Gasteiger partial charge on any atom is 0.269 e. The fourth-order valence-electron chi connectivity index (χ4n) is 1.11. The predicted octanol–water partition coefficient (Wildman–Crippen LogP) is 0.452. The topological polar surface area (TPSA) is 82.9 Å². The van der Waals surface area contributed by atoms with Crippen molar-refractivity contribution >= 4 is 16.7 Å². The monoisotopic (exact) mass is 251 g/mol. The molecule has 0 aliphatic heterocycles. The second-order valence-corrected chi connectivity index (χ2v) is 5.10. The minimum absolute atomic E-state index is 0.256. The first-order chi connectivity index (χ1) is 8.17. The van der Waals surface area contributed by atoms with Crippen LogP contribution in [-0.2, 0) is 10.8 Å². The lowest BCUT2D eigenvalue weighted by atomic mass is 10.2. The third-order valence-electron chi connectivity index (χ3n) is 2.06. The highest BCUT2D eigenvalue weighted by atomic mass is 32.2. The number of rotatable bonds is 5. The third-order valence-corrected chi connectivity index (χ3v) is 3.37. The number of pyridine rings is 1. The van der Waals surface area contributed by atoms with Gasteiger partial charge in [-0.25, -0.2) is 4.98 Å². The van der Waals surface area contributed by atoms with Crippen LogP contribution >= 0.6 is 0 Å². The Kier molecular flexibility index (Phi) is 5.30. The summed E-state index contributed by atoms with van der Waals surface area (Å²) in [4.78, 5) is 15.4. The van der Waals surface area contributed by atoms with Crippen LogP contribution in [-0.4, -0.2) is 33.2 Å². The molecule has 0 radical (unpaired) electrons. The summed E-state index contributed by atoms with van der Waals surface area (Å²) in [6.45, 7) is 2.20. The molecule has 1 N–H and O–H groups in total. The molecule has 0 aliphatic rings. The van der Waals surface area contributed by atoms with Gasteiger partial charge in [-0.3, -0.25) is 9.00 Å². The van der Waals surface area contributed by atoms with E-state index in [2.05, 4.69) is 10.3 Å². The van der Waals surface area contributed by atoms with Crippen molar-refractivity contribution in [2.45, 2.75) is 6.92 Å². The first kappa shape index (κ1) is 13.3. The molecule has 0 aliphatic carbocycles. The van der Waals surface area contributed by atoms with Crippen molar-refractivity contribution in [3.8, 4) is 6.07 Å². The SMILES string of the molecule is CCS(=O)CCNC(=O)c1ccc(C#N)cn1. The number of nitrogens with zero attached hydrogens (tertiary/aromatic N) is 2. The number of carbonyl (C=O) groups is 1. The minimum atomic E-state index is -0.883. The Bertz CT molecular complexity index is 451. The quantitative estimate of drug-likeness (QED) is 0.823. The number of hydrogen-bond acceptors (Lipinski definition) is 4. The van der Waals surface area contributed by atoms with Crippen molar-refractivity contribution < 1.29 is 9.00 Å². The fourth-order valence-corrected chi connectivity index (χ4v) is 1.73. The first-order valence-corrected chi connectivity index (χ1v) is 6.65. The maximum atomic E-state index is 11.6. The van der Waals surface area contributed by atoms with E-state index in [1.807, 2.05) is 13.0 Å². The molecule has 0 fully saturated rings. The molecule has 0 spiro atoms. The van der Waals surface area contributed by atoms with E-state index in [1.165, 1.54) is 18.3 Å². The molecule has 1 amide bonds. The van der Waals surface area contributed by atoms with E-state index in [1.54, 1.807) is 0 Å². The summed E-state index contributed by atoms with van der Waals surface area (Å²) in [5, 5.41) is 11.2. The van der Waals surface area contributed by atoms with Crippen LogP contribution in [0.15, 0.2) is 18.3 Å². The molecule has 6 heteroatoms. The number of carbonyl (C=O) groups excluding carboxylic acids is 1. The maximum absolute atomic E-state index is 11.6. The molecule has 1 atom stereocenters. The van der Waals surface area contributed by atoms with Crippen LogP contribution in [0.25, 0.3) is 0 Å². The molecular weight excluding hydrogens is 238 g/mol. The molecule has 1 aromatic rings. The van der Waals surface area contributed by atoms with Gasteiger partial charge in [-0.05, 0) is 12.1 Å². The number of amides is 1. The van der Waals surface area contributed by atoms with Crippen LogP contribution in [0, 0.1) is 11.3 Å². The van der Waals surface area contributed by atoms with Crippen LogP contribution in [0.1, 0.15) is 23.0 Å². The zero-order chi connectivity index (χ0) is 12.7. The Balaban J connectivity index is 2.47. The average molecular weight is 251 g/mol. The van der Waals surface area contributed by atoms with Crippen LogP contribution in [0.4, 0.5) is 0 Å². The lowest BCUT2D eigenvalue weighted by Crippen LogP contribution is -2.28. The molecule has 5 nitrogen and oxygen atoms in total. The van der Waals surface area contributed by atoms with Gasteiger partial charge in [0.25, 0.3) is 5.91 Å². The van der Waals surface area contributed by atoms with Gasteiger partial charge in [0.1, 0.15) is 11.8 Å². The van der Waals surface area contributed by atoms with Gasteiger partial charge in [0, 0.05) is 35.0 Å². The molecule has 0 saturated heterocycles. The van der Waals surface area contributed by atoms with Gasteiger partial charge in [-0.1, -0.05) is 6.92 Å². The van der Waals surface area contributed by atoms with Crippen molar-refractivity contribution in [3.05, 3.63) is 29.6 Å². The fraction of sp³-hybridized carbons (Fsp3) is 0.364. The van der Waals surface area contributed by atoms with Crippen LogP contribution < -0.4 is 5.32 Å². The van der Waals surface area contributed by atoms with E-state index < -0.39 is 10.8 Å². The van der Waals surface area contributed by atoms with Crippen LogP contribution in [0.3, 0.4) is 0 Å². The number of nitriles is 1. The van der Waals surface area contributed by atoms with Crippen molar-refractivity contribution in [3.63, 3.8) is 0 Å². The molecule has 1 rings (SSSR count).